The minimum Gasteiger partial charge on any atom is -0.369 e. The molecule has 0 bridgehead atoms. The van der Waals surface area contributed by atoms with Gasteiger partial charge in [0.05, 0.1) is 5.56 Å². The van der Waals surface area contributed by atoms with Crippen molar-refractivity contribution >= 4 is 22.9 Å². The molecule has 1 unspecified atom stereocenters. The van der Waals surface area contributed by atoms with Gasteiger partial charge >= 0.3 is 6.18 Å². The molecule has 2 aromatic rings. The number of hydrogen-bond donors (Lipinski definition) is 2. The van der Waals surface area contributed by atoms with E-state index in [0.717, 1.165) is 42.7 Å². The smallest absolute Gasteiger partial charge is 0.369 e. The number of carbonyl (C=O) groups excluding carboxylic acids is 1. The van der Waals surface area contributed by atoms with Crippen molar-refractivity contribution in [2.45, 2.75) is 50.4 Å². The van der Waals surface area contributed by atoms with E-state index in [9.17, 15) is 18.0 Å². The van der Waals surface area contributed by atoms with Gasteiger partial charge in [-0.3, -0.25) is 4.79 Å². The summed E-state index contributed by atoms with van der Waals surface area (Å²) < 4.78 is 38.8. The first-order valence-electron chi connectivity index (χ1n) is 8.71. The molecule has 140 valence electrons. The SMILES string of the molecule is O=C(NC1CCCCC1)C(Nc1cccc(C(F)(F)F)c1)c1cccs1. The second-order valence-corrected chi connectivity index (χ2v) is 7.49. The third kappa shape index (κ3) is 4.78. The molecular weight excluding hydrogens is 361 g/mol. The molecule has 2 N–H and O–H groups in total. The lowest BCUT2D eigenvalue weighted by atomic mass is 9.95. The fourth-order valence-electron chi connectivity index (χ4n) is 3.20. The van der Waals surface area contributed by atoms with Gasteiger partial charge in [0.2, 0.25) is 5.91 Å². The summed E-state index contributed by atoms with van der Waals surface area (Å²) in [7, 11) is 0. The topological polar surface area (TPSA) is 41.1 Å². The predicted octanol–water partition coefficient (Wildman–Crippen LogP) is 5.37. The summed E-state index contributed by atoms with van der Waals surface area (Å²) in [6.45, 7) is 0. The van der Waals surface area contributed by atoms with Crippen LogP contribution in [0.1, 0.15) is 48.6 Å². The Bertz CT molecular complexity index is 725. The van der Waals surface area contributed by atoms with Crippen molar-refractivity contribution in [1.29, 1.82) is 0 Å². The quantitative estimate of drug-likeness (QED) is 0.730. The van der Waals surface area contributed by atoms with Crippen LogP contribution in [0.15, 0.2) is 41.8 Å². The Balaban J connectivity index is 1.78. The van der Waals surface area contributed by atoms with E-state index in [1.54, 1.807) is 6.07 Å². The number of rotatable bonds is 5. The van der Waals surface area contributed by atoms with Crippen LogP contribution < -0.4 is 10.6 Å². The zero-order chi connectivity index (χ0) is 18.6. The first-order valence-corrected chi connectivity index (χ1v) is 9.59. The molecule has 3 rings (SSSR count). The summed E-state index contributed by atoms with van der Waals surface area (Å²) >= 11 is 1.40. The molecule has 1 aliphatic rings. The van der Waals surface area contributed by atoms with E-state index in [1.807, 2.05) is 17.5 Å². The third-order valence-corrected chi connectivity index (χ3v) is 5.48. The number of benzene rings is 1. The van der Waals surface area contributed by atoms with Crippen LogP contribution in [-0.4, -0.2) is 11.9 Å². The van der Waals surface area contributed by atoms with E-state index in [4.69, 9.17) is 0 Å². The second kappa shape index (κ2) is 8.12. The Kier molecular flexibility index (Phi) is 5.86. The monoisotopic (exact) mass is 382 g/mol. The number of nitrogens with one attached hydrogen (secondary N) is 2. The minimum absolute atomic E-state index is 0.141. The molecule has 0 radical (unpaired) electrons. The van der Waals surface area contributed by atoms with Gasteiger partial charge in [-0.15, -0.1) is 11.3 Å². The Morgan fingerprint density at radius 2 is 1.88 bits per heavy atom. The van der Waals surface area contributed by atoms with Gasteiger partial charge in [0.1, 0.15) is 6.04 Å². The van der Waals surface area contributed by atoms with Gasteiger partial charge in [-0.2, -0.15) is 13.2 Å². The maximum atomic E-state index is 12.9. The molecule has 7 heteroatoms. The first kappa shape index (κ1) is 18.8. The van der Waals surface area contributed by atoms with E-state index < -0.39 is 17.8 Å². The first-order chi connectivity index (χ1) is 12.4. The van der Waals surface area contributed by atoms with Crippen molar-refractivity contribution in [3.63, 3.8) is 0 Å². The van der Waals surface area contributed by atoms with Gasteiger partial charge < -0.3 is 10.6 Å². The molecule has 0 saturated heterocycles. The number of carbonyl (C=O) groups is 1. The van der Waals surface area contributed by atoms with Crippen molar-refractivity contribution in [1.82, 2.24) is 5.32 Å². The summed E-state index contributed by atoms with van der Waals surface area (Å²) in [6.07, 6.45) is 0.855. The van der Waals surface area contributed by atoms with Crippen LogP contribution in [-0.2, 0) is 11.0 Å². The average Bonchev–Trinajstić information content (AvgIpc) is 3.14. The third-order valence-electron chi connectivity index (χ3n) is 4.54. The van der Waals surface area contributed by atoms with Crippen LogP contribution >= 0.6 is 11.3 Å². The number of anilines is 1. The molecule has 1 aromatic heterocycles. The average molecular weight is 382 g/mol. The highest BCUT2D eigenvalue weighted by Crippen LogP contribution is 2.32. The Hall–Kier alpha value is -2.02. The fourth-order valence-corrected chi connectivity index (χ4v) is 3.98. The van der Waals surface area contributed by atoms with Gasteiger partial charge in [-0.1, -0.05) is 31.4 Å². The van der Waals surface area contributed by atoms with Crippen molar-refractivity contribution in [3.05, 3.63) is 52.2 Å². The lowest BCUT2D eigenvalue weighted by molar-refractivity contribution is -0.137. The molecule has 1 heterocycles. The summed E-state index contributed by atoms with van der Waals surface area (Å²) in [4.78, 5) is 13.6. The summed E-state index contributed by atoms with van der Waals surface area (Å²) in [5.74, 6) is -0.197. The van der Waals surface area contributed by atoms with Crippen molar-refractivity contribution in [2.75, 3.05) is 5.32 Å². The molecule has 0 spiro atoms. The Labute approximate surface area is 154 Å². The molecule has 1 saturated carbocycles. The lowest BCUT2D eigenvalue weighted by Crippen LogP contribution is -2.41. The lowest BCUT2D eigenvalue weighted by Gasteiger charge is -2.26. The molecule has 1 aromatic carbocycles. The maximum absolute atomic E-state index is 12.9. The van der Waals surface area contributed by atoms with Crippen LogP contribution in [0.5, 0.6) is 0 Å². The highest BCUT2D eigenvalue weighted by Gasteiger charge is 2.31. The zero-order valence-corrected chi connectivity index (χ0v) is 15.0. The molecule has 1 fully saturated rings. The standard InChI is InChI=1S/C19H21F3N2OS/c20-19(21,22)13-6-4-9-15(12-13)23-17(16-10-5-11-26-16)18(25)24-14-7-2-1-3-8-14/h4-6,9-12,14,17,23H,1-3,7-8H2,(H,24,25). The largest absolute Gasteiger partial charge is 0.416 e. The molecule has 1 atom stereocenters. The molecule has 26 heavy (non-hydrogen) atoms. The van der Waals surface area contributed by atoms with Crippen LogP contribution in [0.4, 0.5) is 18.9 Å². The van der Waals surface area contributed by atoms with Crippen LogP contribution in [0.3, 0.4) is 0 Å². The normalized spacial score (nSPS) is 16.9. The minimum atomic E-state index is -4.42. The second-order valence-electron chi connectivity index (χ2n) is 6.51. The van der Waals surface area contributed by atoms with E-state index in [-0.39, 0.29) is 17.6 Å². The van der Waals surface area contributed by atoms with Crippen LogP contribution in [0.25, 0.3) is 0 Å². The van der Waals surface area contributed by atoms with E-state index in [0.29, 0.717) is 0 Å². The number of halogens is 3. The molecular formula is C19H21F3N2OS. The number of thiophene rings is 1. The molecule has 0 aliphatic heterocycles. The van der Waals surface area contributed by atoms with Gasteiger partial charge in [-0.25, -0.2) is 0 Å². The van der Waals surface area contributed by atoms with Gasteiger partial charge in [-0.05, 0) is 42.5 Å². The highest BCUT2D eigenvalue weighted by atomic mass is 32.1. The Morgan fingerprint density at radius 1 is 1.12 bits per heavy atom. The van der Waals surface area contributed by atoms with Crippen LogP contribution in [0, 0.1) is 0 Å². The van der Waals surface area contributed by atoms with Crippen molar-refractivity contribution in [2.24, 2.45) is 0 Å². The van der Waals surface area contributed by atoms with Gasteiger partial charge in [0, 0.05) is 16.6 Å². The molecule has 1 amide bonds. The summed E-state index contributed by atoms with van der Waals surface area (Å²) in [6, 6.07) is 8.02. The van der Waals surface area contributed by atoms with Crippen molar-refractivity contribution in [3.8, 4) is 0 Å². The maximum Gasteiger partial charge on any atom is 0.416 e. The van der Waals surface area contributed by atoms with E-state index in [1.165, 1.54) is 23.8 Å². The predicted molar refractivity (Wildman–Crippen MR) is 97.1 cm³/mol. The molecule has 3 nitrogen and oxygen atoms in total. The summed E-state index contributed by atoms with van der Waals surface area (Å²) in [5.41, 5.74) is -0.461. The number of hydrogen-bond acceptors (Lipinski definition) is 3. The van der Waals surface area contributed by atoms with Gasteiger partial charge in [0.15, 0.2) is 0 Å². The number of alkyl halides is 3. The molecule has 1 aliphatic carbocycles. The Morgan fingerprint density at radius 3 is 2.54 bits per heavy atom. The van der Waals surface area contributed by atoms with Gasteiger partial charge in [0.25, 0.3) is 0 Å². The highest BCUT2D eigenvalue weighted by molar-refractivity contribution is 7.10. The van der Waals surface area contributed by atoms with Crippen molar-refractivity contribution < 1.29 is 18.0 Å². The zero-order valence-electron chi connectivity index (χ0n) is 14.2. The van der Waals surface area contributed by atoms with E-state index >= 15 is 0 Å². The summed E-state index contributed by atoms with van der Waals surface area (Å²) in [5, 5.41) is 7.89. The van der Waals surface area contributed by atoms with Crippen LogP contribution in [0.2, 0.25) is 0 Å². The van der Waals surface area contributed by atoms with E-state index in [2.05, 4.69) is 10.6 Å². The number of amides is 1. The fraction of sp³-hybridized carbons (Fsp3) is 0.421.